The van der Waals surface area contributed by atoms with E-state index in [4.69, 9.17) is 0 Å². The first-order valence-corrected chi connectivity index (χ1v) is 8.71. The van der Waals surface area contributed by atoms with Gasteiger partial charge in [-0.1, -0.05) is 44.0 Å². The molecule has 24 heavy (non-hydrogen) atoms. The molecule has 2 atom stereocenters. The second-order valence-electron chi connectivity index (χ2n) is 6.26. The summed E-state index contributed by atoms with van der Waals surface area (Å²) in [6, 6.07) is 8.39. The average molecular weight is 343 g/mol. The Labute approximate surface area is 168 Å². The molecule has 0 saturated heterocycles. The number of rotatable bonds is 12. The SMILES string of the molecule is CCCCC(CCC(C)O)c1ccccc1CCNCC(=O)[O-].[Na+]. The number of benzene rings is 1. The summed E-state index contributed by atoms with van der Waals surface area (Å²) in [6.45, 7) is 4.56. The summed E-state index contributed by atoms with van der Waals surface area (Å²) in [7, 11) is 0. The minimum atomic E-state index is -1.07. The van der Waals surface area contributed by atoms with Crippen molar-refractivity contribution < 1.29 is 44.6 Å². The number of carbonyl (C=O) groups is 1. The molecule has 1 aromatic rings. The van der Waals surface area contributed by atoms with Crippen molar-refractivity contribution >= 4 is 5.97 Å². The van der Waals surface area contributed by atoms with Gasteiger partial charge in [0.05, 0.1) is 12.1 Å². The number of carbonyl (C=O) groups excluding carboxylic acids is 1. The molecule has 130 valence electrons. The smallest absolute Gasteiger partial charge is 0.549 e. The van der Waals surface area contributed by atoms with Gasteiger partial charge in [0.1, 0.15) is 0 Å². The van der Waals surface area contributed by atoms with Gasteiger partial charge in [-0.15, -0.1) is 0 Å². The molecule has 5 heteroatoms. The van der Waals surface area contributed by atoms with Gasteiger partial charge in [-0.2, -0.15) is 0 Å². The summed E-state index contributed by atoms with van der Waals surface area (Å²) >= 11 is 0. The summed E-state index contributed by atoms with van der Waals surface area (Å²) in [4.78, 5) is 10.5. The molecular formula is C19H30NNaO3. The first-order valence-electron chi connectivity index (χ1n) is 8.71. The largest absolute Gasteiger partial charge is 1.00 e. The molecule has 0 aliphatic rings. The van der Waals surface area contributed by atoms with E-state index < -0.39 is 5.97 Å². The van der Waals surface area contributed by atoms with Crippen LogP contribution in [0, 0.1) is 0 Å². The van der Waals surface area contributed by atoms with E-state index in [-0.39, 0.29) is 42.2 Å². The number of carboxylic acid groups (broad SMARTS) is 1. The molecule has 4 nitrogen and oxygen atoms in total. The van der Waals surface area contributed by atoms with Gasteiger partial charge in [0.15, 0.2) is 0 Å². The first-order chi connectivity index (χ1) is 11.0. The zero-order valence-corrected chi connectivity index (χ0v) is 17.4. The average Bonchev–Trinajstić information content (AvgIpc) is 2.52. The second kappa shape index (κ2) is 13.9. The first kappa shape index (κ1) is 23.6. The minimum Gasteiger partial charge on any atom is -0.549 e. The predicted octanol–water partition coefficient (Wildman–Crippen LogP) is -0.993. The molecule has 1 rings (SSSR count). The van der Waals surface area contributed by atoms with E-state index in [1.807, 2.05) is 13.0 Å². The fourth-order valence-corrected chi connectivity index (χ4v) is 2.92. The van der Waals surface area contributed by atoms with E-state index in [1.54, 1.807) is 0 Å². The molecule has 0 aromatic heterocycles. The van der Waals surface area contributed by atoms with E-state index in [9.17, 15) is 15.0 Å². The van der Waals surface area contributed by atoms with Gasteiger partial charge >= 0.3 is 29.6 Å². The summed E-state index contributed by atoms with van der Waals surface area (Å²) in [5.74, 6) is -0.613. The van der Waals surface area contributed by atoms with Crippen LogP contribution in [0.3, 0.4) is 0 Å². The minimum absolute atomic E-state index is 0. The van der Waals surface area contributed by atoms with Crippen molar-refractivity contribution in [2.24, 2.45) is 0 Å². The molecule has 1 aromatic carbocycles. The van der Waals surface area contributed by atoms with Crippen LogP contribution in [0.4, 0.5) is 0 Å². The monoisotopic (exact) mass is 343 g/mol. The standard InChI is InChI=1S/C19H31NO3.Na/c1-3-4-7-16(11-10-15(2)21)18-9-6-5-8-17(18)12-13-20-14-19(22)23;/h5-6,8-9,15-16,20-21H,3-4,7,10-14H2,1-2H3,(H,22,23);/q;+1/p-1. The van der Waals surface area contributed by atoms with Crippen LogP contribution in [-0.4, -0.2) is 30.3 Å². The molecular weight excluding hydrogens is 313 g/mol. The topological polar surface area (TPSA) is 72.4 Å². The molecule has 0 amide bonds. The second-order valence-corrected chi connectivity index (χ2v) is 6.26. The maximum atomic E-state index is 10.5. The molecule has 0 fully saturated rings. The van der Waals surface area contributed by atoms with Gasteiger partial charge in [-0.25, -0.2) is 0 Å². The number of aliphatic carboxylic acids is 1. The number of nitrogens with one attached hydrogen (secondary N) is 1. The van der Waals surface area contributed by atoms with Crippen molar-refractivity contribution in [3.63, 3.8) is 0 Å². The third-order valence-corrected chi connectivity index (χ3v) is 4.17. The van der Waals surface area contributed by atoms with Gasteiger partial charge in [0.2, 0.25) is 0 Å². The maximum Gasteiger partial charge on any atom is 1.00 e. The molecule has 0 aliphatic carbocycles. The van der Waals surface area contributed by atoms with Crippen LogP contribution >= 0.6 is 0 Å². The Hall–Kier alpha value is -0.390. The summed E-state index contributed by atoms with van der Waals surface area (Å²) in [5, 5.41) is 22.9. The quantitative estimate of drug-likeness (QED) is 0.378. The number of hydrogen-bond donors (Lipinski definition) is 2. The Morgan fingerprint density at radius 3 is 2.58 bits per heavy atom. The van der Waals surface area contributed by atoms with E-state index >= 15 is 0 Å². The molecule has 2 N–H and O–H groups in total. The summed E-state index contributed by atoms with van der Waals surface area (Å²) < 4.78 is 0. The molecule has 2 unspecified atom stereocenters. The van der Waals surface area contributed by atoms with Crippen molar-refractivity contribution in [3.8, 4) is 0 Å². The van der Waals surface area contributed by atoms with E-state index in [0.717, 1.165) is 25.7 Å². The van der Waals surface area contributed by atoms with Crippen LogP contribution in [0.15, 0.2) is 24.3 Å². The van der Waals surface area contributed by atoms with Crippen molar-refractivity contribution in [2.75, 3.05) is 13.1 Å². The number of aliphatic hydroxyl groups is 1. The maximum absolute atomic E-state index is 10.5. The molecule has 0 saturated carbocycles. The van der Waals surface area contributed by atoms with Gasteiger partial charge < -0.3 is 20.3 Å². The number of aliphatic hydroxyl groups excluding tert-OH is 1. The fraction of sp³-hybridized carbons (Fsp3) is 0.632. The predicted molar refractivity (Wildman–Crippen MR) is 91.2 cm³/mol. The van der Waals surface area contributed by atoms with E-state index in [0.29, 0.717) is 12.5 Å². The Bertz CT molecular complexity index is 466. The Morgan fingerprint density at radius 1 is 1.25 bits per heavy atom. The number of carboxylic acids is 1. The van der Waals surface area contributed by atoms with Crippen molar-refractivity contribution in [2.45, 2.75) is 64.4 Å². The number of hydrogen-bond acceptors (Lipinski definition) is 4. The number of unbranched alkanes of at least 4 members (excludes halogenated alkanes) is 1. The Balaban J connectivity index is 0.00000529. The van der Waals surface area contributed by atoms with Crippen LogP contribution < -0.4 is 40.0 Å². The molecule has 0 radical (unpaired) electrons. The zero-order valence-electron chi connectivity index (χ0n) is 15.4. The normalized spacial score (nSPS) is 13.1. The van der Waals surface area contributed by atoms with Crippen LogP contribution in [-0.2, 0) is 11.2 Å². The summed E-state index contributed by atoms with van der Waals surface area (Å²) in [6.07, 6.45) is 5.82. The van der Waals surface area contributed by atoms with Crippen molar-refractivity contribution in [1.29, 1.82) is 0 Å². The summed E-state index contributed by atoms with van der Waals surface area (Å²) in [5.41, 5.74) is 2.61. The van der Waals surface area contributed by atoms with E-state index in [1.165, 1.54) is 24.0 Å². The Kier molecular flexibility index (Phi) is 13.6. The van der Waals surface area contributed by atoms with Gasteiger partial charge in [-0.3, -0.25) is 0 Å². The molecule has 0 aliphatic heterocycles. The Morgan fingerprint density at radius 2 is 1.96 bits per heavy atom. The fourth-order valence-electron chi connectivity index (χ4n) is 2.92. The van der Waals surface area contributed by atoms with Crippen LogP contribution in [0.1, 0.15) is 63.0 Å². The van der Waals surface area contributed by atoms with Gasteiger partial charge in [-0.05, 0) is 56.2 Å². The van der Waals surface area contributed by atoms with Crippen LogP contribution in [0.5, 0.6) is 0 Å². The van der Waals surface area contributed by atoms with Crippen LogP contribution in [0.25, 0.3) is 0 Å². The third kappa shape index (κ3) is 9.80. The van der Waals surface area contributed by atoms with Crippen molar-refractivity contribution in [1.82, 2.24) is 5.32 Å². The molecule has 0 bridgehead atoms. The van der Waals surface area contributed by atoms with Gasteiger partial charge in [0, 0.05) is 6.54 Å². The van der Waals surface area contributed by atoms with E-state index in [2.05, 4.69) is 30.4 Å². The third-order valence-electron chi connectivity index (χ3n) is 4.17. The van der Waals surface area contributed by atoms with Crippen LogP contribution in [0.2, 0.25) is 0 Å². The molecule has 0 spiro atoms. The molecule has 0 heterocycles. The van der Waals surface area contributed by atoms with Gasteiger partial charge in [0.25, 0.3) is 0 Å². The van der Waals surface area contributed by atoms with Crippen molar-refractivity contribution in [3.05, 3.63) is 35.4 Å². The zero-order chi connectivity index (χ0) is 17.1.